The molecule has 1 aromatic rings. The molecule has 0 aliphatic carbocycles. The van der Waals surface area contributed by atoms with Gasteiger partial charge < -0.3 is 4.74 Å². The molecule has 2 amide bonds. The van der Waals surface area contributed by atoms with Gasteiger partial charge in [0.25, 0.3) is 5.91 Å². The monoisotopic (exact) mass is 201 g/mol. The van der Waals surface area contributed by atoms with Crippen molar-refractivity contribution in [2.24, 2.45) is 7.05 Å². The highest BCUT2D eigenvalue weighted by Crippen LogP contribution is 1.85. The molecule has 1 aliphatic heterocycles. The lowest BCUT2D eigenvalue weighted by Gasteiger charge is -1.78. The van der Waals surface area contributed by atoms with Crippen molar-refractivity contribution in [3.63, 3.8) is 0 Å². The normalized spacial score (nSPS) is 14.2. The van der Waals surface area contributed by atoms with Crippen LogP contribution in [0, 0.1) is 0 Å². The fourth-order valence-corrected chi connectivity index (χ4v) is 1.21. The van der Waals surface area contributed by atoms with Gasteiger partial charge in [0.1, 0.15) is 7.05 Å². The number of carbonyl (C=O) groups is 2. The van der Waals surface area contributed by atoms with E-state index in [0.29, 0.717) is 0 Å². The molecule has 2 heterocycles. The number of amides is 2. The molecule has 0 saturated carbocycles. The van der Waals surface area contributed by atoms with Crippen molar-refractivity contribution < 1.29 is 18.9 Å². The first-order valence-corrected chi connectivity index (χ1v) is 4.47. The summed E-state index contributed by atoms with van der Waals surface area (Å²) in [5, 5.41) is 3.96. The smallest absolute Gasteiger partial charge is 0.414 e. The first-order valence-electron chi connectivity index (χ1n) is 3.52. The van der Waals surface area contributed by atoms with Crippen LogP contribution in [0.15, 0.2) is 17.1 Å². The zero-order valence-electron chi connectivity index (χ0n) is 7.02. The average Bonchev–Trinajstić information content (AvgIpc) is 2.64. The summed E-state index contributed by atoms with van der Waals surface area (Å²) in [6, 6.07) is 0. The maximum Gasteiger partial charge on any atom is 0.414 e. The van der Waals surface area contributed by atoms with E-state index in [1.54, 1.807) is 11.3 Å². The van der Waals surface area contributed by atoms with Crippen molar-refractivity contribution in [2.75, 3.05) is 6.61 Å². The number of imide groups is 1. The summed E-state index contributed by atoms with van der Waals surface area (Å²) in [4.78, 5) is 19.9. The molecule has 0 bridgehead atoms. The van der Waals surface area contributed by atoms with Crippen molar-refractivity contribution in [3.05, 3.63) is 17.1 Å². The van der Waals surface area contributed by atoms with E-state index in [2.05, 4.69) is 4.74 Å². The van der Waals surface area contributed by atoms with Gasteiger partial charge in [-0.2, -0.15) is 4.57 Å². The summed E-state index contributed by atoms with van der Waals surface area (Å²) in [7, 11) is 2.01. The summed E-state index contributed by atoms with van der Waals surface area (Å²) in [5.41, 5.74) is 2.04. The van der Waals surface area contributed by atoms with Crippen LogP contribution in [0.1, 0.15) is 0 Å². The van der Waals surface area contributed by atoms with Gasteiger partial charge in [-0.05, 0) is 0 Å². The SMILES string of the molecule is C[n+]1ccsc1.O=C1COC(=O)N1. The number of cyclic esters (lactones) is 1. The molecule has 70 valence electrons. The minimum atomic E-state index is -0.648. The Balaban J connectivity index is 0.000000132. The van der Waals surface area contributed by atoms with Gasteiger partial charge >= 0.3 is 6.09 Å². The molecule has 0 unspecified atom stereocenters. The number of thiazole rings is 1. The first kappa shape index (κ1) is 9.66. The van der Waals surface area contributed by atoms with Crippen LogP contribution in [-0.4, -0.2) is 18.6 Å². The number of alkyl carbamates (subject to hydrolysis) is 1. The van der Waals surface area contributed by atoms with E-state index in [-0.39, 0.29) is 12.5 Å². The Kier molecular flexibility index (Phi) is 3.39. The van der Waals surface area contributed by atoms with Gasteiger partial charge in [-0.15, -0.1) is 0 Å². The number of hydrogen-bond acceptors (Lipinski definition) is 4. The third-order valence-corrected chi connectivity index (χ3v) is 1.91. The number of nitrogens with zero attached hydrogens (tertiary/aromatic N) is 1. The Morgan fingerprint density at radius 3 is 2.54 bits per heavy atom. The highest BCUT2D eigenvalue weighted by atomic mass is 32.1. The maximum absolute atomic E-state index is 10.00. The molecule has 0 aromatic carbocycles. The van der Waals surface area contributed by atoms with Crippen molar-refractivity contribution in [2.45, 2.75) is 0 Å². The average molecular weight is 201 g/mol. The van der Waals surface area contributed by atoms with Crippen LogP contribution < -0.4 is 9.88 Å². The van der Waals surface area contributed by atoms with Gasteiger partial charge in [0, 0.05) is 0 Å². The van der Waals surface area contributed by atoms with Crippen molar-refractivity contribution >= 4 is 23.3 Å². The van der Waals surface area contributed by atoms with Crippen LogP contribution in [0.2, 0.25) is 0 Å². The number of nitrogens with one attached hydrogen (secondary N) is 1. The molecule has 1 aromatic heterocycles. The predicted octanol–water partition coefficient (Wildman–Crippen LogP) is -0.175. The van der Waals surface area contributed by atoms with E-state index in [0.717, 1.165) is 0 Å². The highest BCUT2D eigenvalue weighted by Gasteiger charge is 2.17. The zero-order valence-corrected chi connectivity index (χ0v) is 7.84. The fourth-order valence-electron chi connectivity index (χ4n) is 0.614. The Labute approximate surface area is 78.9 Å². The molecule has 13 heavy (non-hydrogen) atoms. The van der Waals surface area contributed by atoms with Crippen LogP contribution >= 0.6 is 11.3 Å². The van der Waals surface area contributed by atoms with Crippen LogP contribution in [0.25, 0.3) is 0 Å². The van der Waals surface area contributed by atoms with Crippen molar-refractivity contribution in [1.29, 1.82) is 0 Å². The van der Waals surface area contributed by atoms with Crippen LogP contribution in [0.4, 0.5) is 4.79 Å². The minimum Gasteiger partial charge on any atom is -0.439 e. The lowest BCUT2D eigenvalue weighted by molar-refractivity contribution is -0.666. The second-order valence-electron chi connectivity index (χ2n) is 2.32. The predicted molar refractivity (Wildman–Crippen MR) is 45.0 cm³/mol. The summed E-state index contributed by atoms with van der Waals surface area (Å²) < 4.78 is 6.18. The Hall–Kier alpha value is -1.43. The molecule has 1 N–H and O–H groups in total. The number of ether oxygens (including phenoxy) is 1. The highest BCUT2D eigenvalue weighted by molar-refractivity contribution is 7.07. The van der Waals surface area contributed by atoms with Crippen molar-refractivity contribution in [1.82, 2.24) is 5.32 Å². The number of hydrogen-bond donors (Lipinski definition) is 1. The van der Waals surface area contributed by atoms with E-state index in [4.69, 9.17) is 0 Å². The molecule has 0 spiro atoms. The van der Waals surface area contributed by atoms with Crippen molar-refractivity contribution in [3.8, 4) is 0 Å². The molecule has 1 aliphatic rings. The lowest BCUT2D eigenvalue weighted by Crippen LogP contribution is -2.21. The number of carbonyl (C=O) groups excluding carboxylic acids is 2. The number of aromatic nitrogens is 1. The fraction of sp³-hybridized carbons (Fsp3) is 0.286. The quantitative estimate of drug-likeness (QED) is 0.593. The topological polar surface area (TPSA) is 59.3 Å². The Morgan fingerprint density at radius 1 is 1.62 bits per heavy atom. The van der Waals surface area contributed by atoms with Gasteiger partial charge in [-0.3, -0.25) is 10.1 Å². The zero-order chi connectivity index (χ0) is 9.68. The lowest BCUT2D eigenvalue weighted by atomic mass is 10.7. The third kappa shape index (κ3) is 3.66. The maximum atomic E-state index is 10.00. The molecular weight excluding hydrogens is 192 g/mol. The van der Waals surface area contributed by atoms with Crippen LogP contribution in [0.3, 0.4) is 0 Å². The second-order valence-corrected chi connectivity index (χ2v) is 3.07. The van der Waals surface area contributed by atoms with Gasteiger partial charge in [0.2, 0.25) is 5.51 Å². The third-order valence-electron chi connectivity index (χ3n) is 1.18. The molecule has 1 fully saturated rings. The summed E-state index contributed by atoms with van der Waals surface area (Å²) in [6.07, 6.45) is 1.37. The molecule has 5 nitrogen and oxygen atoms in total. The van der Waals surface area contributed by atoms with E-state index in [1.807, 2.05) is 34.0 Å². The summed E-state index contributed by atoms with van der Waals surface area (Å²) in [6.45, 7) is -0.126. The van der Waals surface area contributed by atoms with Gasteiger partial charge in [-0.1, -0.05) is 11.3 Å². The largest absolute Gasteiger partial charge is 0.439 e. The second kappa shape index (κ2) is 4.56. The summed E-state index contributed by atoms with van der Waals surface area (Å²) >= 11 is 1.70. The molecule has 0 atom stereocenters. The van der Waals surface area contributed by atoms with Crippen LogP contribution in [0.5, 0.6) is 0 Å². The van der Waals surface area contributed by atoms with E-state index >= 15 is 0 Å². The first-order chi connectivity index (χ1) is 6.18. The minimum absolute atomic E-state index is 0.126. The Bertz CT molecular complexity index is 283. The number of aryl methyl sites for hydroxylation is 1. The van der Waals surface area contributed by atoms with Gasteiger partial charge in [0.05, 0.1) is 5.38 Å². The van der Waals surface area contributed by atoms with E-state index in [9.17, 15) is 9.59 Å². The van der Waals surface area contributed by atoms with E-state index in [1.165, 1.54) is 0 Å². The summed E-state index contributed by atoms with van der Waals surface area (Å²) in [5.74, 6) is -0.370. The number of rotatable bonds is 0. The van der Waals surface area contributed by atoms with Gasteiger partial charge in [0.15, 0.2) is 12.8 Å². The Morgan fingerprint density at radius 2 is 2.38 bits per heavy atom. The molecule has 0 radical (unpaired) electrons. The standard InChI is InChI=1S/C4H6NS.C3H3NO3/c1-5-2-3-6-4-5;5-2-1-7-3(6)4-2/h2-4H,1H3;1H2,(H,4,5,6)/q+1;. The molecule has 2 rings (SSSR count). The van der Waals surface area contributed by atoms with E-state index < -0.39 is 6.09 Å². The molecule has 1 saturated heterocycles. The molecular formula is C7H9N2O3S+. The van der Waals surface area contributed by atoms with Crippen LogP contribution in [-0.2, 0) is 16.6 Å². The van der Waals surface area contributed by atoms with Gasteiger partial charge in [-0.25, -0.2) is 4.79 Å². The molecule has 6 heteroatoms.